The molecule has 0 bridgehead atoms. The van der Waals surface area contributed by atoms with Gasteiger partial charge in [0.15, 0.2) is 0 Å². The highest BCUT2D eigenvalue weighted by Crippen LogP contribution is 2.26. The van der Waals surface area contributed by atoms with E-state index in [4.69, 9.17) is 9.84 Å². The number of benzene rings is 2. The Kier molecular flexibility index (Phi) is 4.54. The van der Waals surface area contributed by atoms with Crippen LogP contribution in [0, 0.1) is 10.1 Å². The van der Waals surface area contributed by atoms with Gasteiger partial charge in [-0.05, 0) is 18.2 Å². The van der Waals surface area contributed by atoms with Crippen molar-refractivity contribution in [2.45, 2.75) is 6.61 Å². The molecule has 0 saturated carbocycles. The zero-order valence-electron chi connectivity index (χ0n) is 10.7. The minimum absolute atomic E-state index is 0.213. The predicted molar refractivity (Wildman–Crippen MR) is 78.5 cm³/mol. The van der Waals surface area contributed by atoms with Crippen LogP contribution in [0.3, 0.4) is 0 Å². The fourth-order valence-corrected chi connectivity index (χ4v) is 2.11. The molecule has 0 aliphatic heterocycles. The van der Waals surface area contributed by atoms with Crippen LogP contribution < -0.4 is 4.74 Å². The normalized spacial score (nSPS) is 10.1. The number of aromatic carboxylic acids is 1. The van der Waals surface area contributed by atoms with Crippen molar-refractivity contribution < 1.29 is 19.6 Å². The third kappa shape index (κ3) is 3.57. The molecule has 0 fully saturated rings. The molecule has 0 amide bonds. The molecule has 2 aromatic rings. The van der Waals surface area contributed by atoms with Crippen molar-refractivity contribution in [1.29, 1.82) is 0 Å². The first kappa shape index (κ1) is 15.0. The molecule has 0 saturated heterocycles. The minimum atomic E-state index is -1.35. The first-order valence-electron chi connectivity index (χ1n) is 5.87. The van der Waals surface area contributed by atoms with Gasteiger partial charge in [0.05, 0.1) is 11.0 Å². The van der Waals surface area contributed by atoms with Gasteiger partial charge in [0, 0.05) is 10.0 Å². The van der Waals surface area contributed by atoms with Crippen molar-refractivity contribution in [2.75, 3.05) is 0 Å². The van der Waals surface area contributed by atoms with Crippen LogP contribution in [-0.2, 0) is 6.61 Å². The Bertz CT molecular complexity index is 702. The summed E-state index contributed by atoms with van der Waals surface area (Å²) in [5.74, 6) is -1.11. The molecular weight excluding hydrogens is 342 g/mol. The first-order valence-corrected chi connectivity index (χ1v) is 6.66. The van der Waals surface area contributed by atoms with Crippen LogP contribution in [0.2, 0.25) is 0 Å². The van der Waals surface area contributed by atoms with E-state index in [1.807, 2.05) is 24.3 Å². The molecule has 0 aromatic heterocycles. The van der Waals surface area contributed by atoms with E-state index in [1.54, 1.807) is 0 Å². The Hall–Kier alpha value is -2.41. The Morgan fingerprint density at radius 2 is 2.00 bits per heavy atom. The van der Waals surface area contributed by atoms with Crippen LogP contribution in [0.1, 0.15) is 15.9 Å². The monoisotopic (exact) mass is 351 g/mol. The number of halogens is 1. The summed E-state index contributed by atoms with van der Waals surface area (Å²) in [6, 6.07) is 11.1. The van der Waals surface area contributed by atoms with Gasteiger partial charge in [0.2, 0.25) is 0 Å². The van der Waals surface area contributed by atoms with E-state index >= 15 is 0 Å². The maximum atomic E-state index is 10.9. The smallest absolute Gasteiger partial charge is 0.342 e. The number of rotatable bonds is 5. The van der Waals surface area contributed by atoms with E-state index in [2.05, 4.69) is 15.9 Å². The highest BCUT2D eigenvalue weighted by molar-refractivity contribution is 9.10. The molecular formula is C14H10BrNO5. The maximum absolute atomic E-state index is 10.9. The number of carboxylic acid groups (broad SMARTS) is 1. The summed E-state index contributed by atoms with van der Waals surface area (Å²) >= 11 is 3.37. The van der Waals surface area contributed by atoms with Crippen molar-refractivity contribution in [3.8, 4) is 5.75 Å². The summed E-state index contributed by atoms with van der Waals surface area (Å²) in [6.07, 6.45) is 0. The Balaban J connectivity index is 2.22. The predicted octanol–water partition coefficient (Wildman–Crippen LogP) is 3.63. The molecule has 2 aromatic carbocycles. The van der Waals surface area contributed by atoms with Crippen LogP contribution in [0.25, 0.3) is 0 Å². The van der Waals surface area contributed by atoms with Crippen molar-refractivity contribution in [2.24, 2.45) is 0 Å². The van der Waals surface area contributed by atoms with Gasteiger partial charge in [-0.25, -0.2) is 4.79 Å². The number of nitrogens with zero attached hydrogens (tertiary/aromatic N) is 1. The molecule has 2 rings (SSSR count). The summed E-state index contributed by atoms with van der Waals surface area (Å²) in [5, 5.41) is 19.8. The first-order chi connectivity index (χ1) is 9.99. The zero-order chi connectivity index (χ0) is 15.4. The summed E-state index contributed by atoms with van der Waals surface area (Å²) in [4.78, 5) is 21.1. The van der Waals surface area contributed by atoms with Crippen LogP contribution in [0.15, 0.2) is 46.9 Å². The Morgan fingerprint density at radius 3 is 2.62 bits per heavy atom. The van der Waals surface area contributed by atoms with Gasteiger partial charge in [-0.3, -0.25) is 10.1 Å². The van der Waals surface area contributed by atoms with Crippen LogP contribution in [0.5, 0.6) is 5.75 Å². The average molecular weight is 352 g/mol. The van der Waals surface area contributed by atoms with Gasteiger partial charge in [0.25, 0.3) is 5.69 Å². The molecule has 0 aliphatic rings. The standard InChI is InChI=1S/C14H10BrNO5/c15-12-4-2-1-3-9(12)8-21-10-5-6-11(14(17)18)13(7-10)16(19)20/h1-7H,8H2,(H,17,18). The second-order valence-corrected chi connectivity index (χ2v) is 4.98. The van der Waals surface area contributed by atoms with Gasteiger partial charge < -0.3 is 9.84 Å². The van der Waals surface area contributed by atoms with Gasteiger partial charge in [0.1, 0.15) is 17.9 Å². The second kappa shape index (κ2) is 6.36. The van der Waals surface area contributed by atoms with Crippen molar-refractivity contribution in [1.82, 2.24) is 0 Å². The highest BCUT2D eigenvalue weighted by atomic mass is 79.9. The number of carboxylic acids is 1. The maximum Gasteiger partial charge on any atom is 0.342 e. The topological polar surface area (TPSA) is 89.7 Å². The molecule has 108 valence electrons. The van der Waals surface area contributed by atoms with E-state index in [0.717, 1.165) is 22.2 Å². The SMILES string of the molecule is O=C(O)c1ccc(OCc2ccccc2Br)cc1[N+](=O)[O-]. The minimum Gasteiger partial charge on any atom is -0.489 e. The summed E-state index contributed by atoms with van der Waals surface area (Å²) < 4.78 is 6.33. The van der Waals surface area contributed by atoms with E-state index in [-0.39, 0.29) is 17.9 Å². The number of nitro groups is 1. The summed E-state index contributed by atoms with van der Waals surface area (Å²) in [6.45, 7) is 0.213. The average Bonchev–Trinajstić information content (AvgIpc) is 2.46. The van der Waals surface area contributed by atoms with E-state index < -0.39 is 16.6 Å². The highest BCUT2D eigenvalue weighted by Gasteiger charge is 2.20. The van der Waals surface area contributed by atoms with Gasteiger partial charge >= 0.3 is 5.97 Å². The number of nitro benzene ring substituents is 1. The molecule has 0 radical (unpaired) electrons. The Labute approximate surface area is 128 Å². The molecule has 0 unspecified atom stereocenters. The molecule has 0 atom stereocenters. The lowest BCUT2D eigenvalue weighted by Crippen LogP contribution is -2.03. The van der Waals surface area contributed by atoms with E-state index in [9.17, 15) is 14.9 Å². The van der Waals surface area contributed by atoms with Crippen molar-refractivity contribution in [3.63, 3.8) is 0 Å². The quantitative estimate of drug-likeness (QED) is 0.656. The lowest BCUT2D eigenvalue weighted by Gasteiger charge is -2.08. The van der Waals surface area contributed by atoms with Crippen LogP contribution >= 0.6 is 15.9 Å². The third-order valence-corrected chi connectivity index (χ3v) is 3.52. The summed E-state index contributed by atoms with van der Waals surface area (Å²) in [7, 11) is 0. The molecule has 0 heterocycles. The number of ether oxygens (including phenoxy) is 1. The van der Waals surface area contributed by atoms with Crippen molar-refractivity contribution in [3.05, 3.63) is 68.2 Å². The van der Waals surface area contributed by atoms with Crippen LogP contribution in [0.4, 0.5) is 5.69 Å². The van der Waals surface area contributed by atoms with E-state index in [1.165, 1.54) is 6.07 Å². The second-order valence-electron chi connectivity index (χ2n) is 4.12. The third-order valence-electron chi connectivity index (χ3n) is 2.75. The fourth-order valence-electron chi connectivity index (χ4n) is 1.71. The molecule has 21 heavy (non-hydrogen) atoms. The van der Waals surface area contributed by atoms with Gasteiger partial charge in [-0.15, -0.1) is 0 Å². The lowest BCUT2D eigenvalue weighted by molar-refractivity contribution is -0.385. The Morgan fingerprint density at radius 1 is 1.29 bits per heavy atom. The zero-order valence-corrected chi connectivity index (χ0v) is 12.2. The molecule has 7 heteroatoms. The largest absolute Gasteiger partial charge is 0.489 e. The lowest BCUT2D eigenvalue weighted by atomic mass is 10.1. The summed E-state index contributed by atoms with van der Waals surface area (Å²) in [5.41, 5.74) is 0.0165. The van der Waals surface area contributed by atoms with Crippen molar-refractivity contribution >= 4 is 27.6 Å². The van der Waals surface area contributed by atoms with Gasteiger partial charge in [-0.1, -0.05) is 34.1 Å². The molecule has 6 nitrogen and oxygen atoms in total. The fraction of sp³-hybridized carbons (Fsp3) is 0.0714. The van der Waals surface area contributed by atoms with E-state index in [0.29, 0.717) is 0 Å². The molecule has 0 spiro atoms. The molecule has 0 aliphatic carbocycles. The number of carbonyl (C=O) groups is 1. The molecule has 1 N–H and O–H groups in total. The van der Waals surface area contributed by atoms with Crippen LogP contribution in [-0.4, -0.2) is 16.0 Å². The van der Waals surface area contributed by atoms with Gasteiger partial charge in [-0.2, -0.15) is 0 Å². The number of hydrogen-bond donors (Lipinski definition) is 1. The number of hydrogen-bond acceptors (Lipinski definition) is 4.